The van der Waals surface area contributed by atoms with Crippen LogP contribution in [0.25, 0.3) is 22.3 Å². The Balaban J connectivity index is 0.000000516. The summed E-state index contributed by atoms with van der Waals surface area (Å²) in [5.41, 5.74) is 5.91. The van der Waals surface area contributed by atoms with Gasteiger partial charge in [-0.2, -0.15) is 0 Å². The van der Waals surface area contributed by atoms with Crippen molar-refractivity contribution in [1.29, 1.82) is 0 Å². The molecule has 4 rings (SSSR count). The van der Waals surface area contributed by atoms with E-state index in [9.17, 15) is 0 Å². The van der Waals surface area contributed by atoms with Gasteiger partial charge in [0.25, 0.3) is 0 Å². The molecular formula is C23H28N4O. The molecule has 0 amide bonds. The molecule has 0 N–H and O–H groups in total. The van der Waals surface area contributed by atoms with Crippen LogP contribution < -0.4 is 0 Å². The van der Waals surface area contributed by atoms with Crippen LogP contribution in [0.1, 0.15) is 43.6 Å². The summed E-state index contributed by atoms with van der Waals surface area (Å²) in [6, 6.07) is 12.5. The van der Waals surface area contributed by atoms with Crippen LogP contribution in [-0.2, 0) is 6.54 Å². The van der Waals surface area contributed by atoms with Crippen LogP contribution in [0.2, 0.25) is 0 Å². The topological polar surface area (TPSA) is 56.7 Å². The molecule has 28 heavy (non-hydrogen) atoms. The SMILES string of the molecule is CC(C)C.Cc1noc(C)c1-c1cnc2nc(C)n(Cc3ccccc3)c2c1. The Hall–Kier alpha value is -2.95. The van der Waals surface area contributed by atoms with Crippen molar-refractivity contribution in [1.82, 2.24) is 19.7 Å². The van der Waals surface area contributed by atoms with Crippen LogP contribution in [0.5, 0.6) is 0 Å². The summed E-state index contributed by atoms with van der Waals surface area (Å²) in [6.07, 6.45) is 1.84. The van der Waals surface area contributed by atoms with E-state index in [0.717, 1.165) is 52.0 Å². The molecule has 1 aromatic carbocycles. The van der Waals surface area contributed by atoms with Gasteiger partial charge in [0.05, 0.1) is 11.2 Å². The Bertz CT molecular complexity index is 1040. The maximum Gasteiger partial charge on any atom is 0.177 e. The predicted octanol–water partition coefficient (Wildman–Crippen LogP) is 5.72. The molecule has 0 unspecified atom stereocenters. The van der Waals surface area contributed by atoms with E-state index in [2.05, 4.69) is 70.8 Å². The van der Waals surface area contributed by atoms with E-state index in [4.69, 9.17) is 4.52 Å². The number of nitrogens with zero attached hydrogens (tertiary/aromatic N) is 4. The van der Waals surface area contributed by atoms with Crippen LogP contribution in [0.3, 0.4) is 0 Å². The van der Waals surface area contributed by atoms with Crippen molar-refractivity contribution < 1.29 is 4.52 Å². The van der Waals surface area contributed by atoms with E-state index < -0.39 is 0 Å². The van der Waals surface area contributed by atoms with Gasteiger partial charge in [-0.15, -0.1) is 0 Å². The Kier molecular flexibility index (Phi) is 5.93. The first kappa shape index (κ1) is 19.8. The molecule has 0 aliphatic carbocycles. The second kappa shape index (κ2) is 8.38. The number of pyridine rings is 1. The Labute approximate surface area is 166 Å². The first-order chi connectivity index (χ1) is 13.4. The first-order valence-corrected chi connectivity index (χ1v) is 9.67. The molecule has 0 saturated carbocycles. The van der Waals surface area contributed by atoms with Crippen LogP contribution in [-0.4, -0.2) is 19.7 Å². The fourth-order valence-electron chi connectivity index (χ4n) is 3.12. The highest BCUT2D eigenvalue weighted by Crippen LogP contribution is 2.29. The Morgan fingerprint density at radius 1 is 1.04 bits per heavy atom. The van der Waals surface area contributed by atoms with E-state index in [1.165, 1.54) is 5.56 Å². The lowest BCUT2D eigenvalue weighted by molar-refractivity contribution is 0.393. The van der Waals surface area contributed by atoms with E-state index in [0.29, 0.717) is 0 Å². The third-order valence-corrected chi connectivity index (χ3v) is 4.30. The second-order valence-corrected chi connectivity index (χ2v) is 7.73. The van der Waals surface area contributed by atoms with E-state index >= 15 is 0 Å². The fraction of sp³-hybridized carbons (Fsp3) is 0.348. The number of benzene rings is 1. The Morgan fingerprint density at radius 3 is 2.32 bits per heavy atom. The summed E-state index contributed by atoms with van der Waals surface area (Å²) in [6.45, 7) is 13.2. The molecule has 4 aromatic rings. The first-order valence-electron chi connectivity index (χ1n) is 9.67. The van der Waals surface area contributed by atoms with Crippen molar-refractivity contribution in [3.8, 4) is 11.1 Å². The van der Waals surface area contributed by atoms with Crippen molar-refractivity contribution in [2.75, 3.05) is 0 Å². The summed E-state index contributed by atoms with van der Waals surface area (Å²) in [7, 11) is 0. The van der Waals surface area contributed by atoms with E-state index in [1.807, 2.05) is 33.0 Å². The second-order valence-electron chi connectivity index (χ2n) is 7.73. The zero-order chi connectivity index (χ0) is 20.3. The molecule has 5 nitrogen and oxygen atoms in total. The minimum atomic E-state index is 0.763. The van der Waals surface area contributed by atoms with Gasteiger partial charge in [0.1, 0.15) is 11.6 Å². The normalized spacial score (nSPS) is 11.0. The smallest absolute Gasteiger partial charge is 0.177 e. The highest BCUT2D eigenvalue weighted by atomic mass is 16.5. The van der Waals surface area contributed by atoms with Gasteiger partial charge in [0, 0.05) is 23.9 Å². The number of imidazole rings is 1. The monoisotopic (exact) mass is 376 g/mol. The number of rotatable bonds is 3. The third-order valence-electron chi connectivity index (χ3n) is 4.30. The maximum atomic E-state index is 5.29. The third kappa shape index (κ3) is 4.30. The quantitative estimate of drug-likeness (QED) is 0.459. The van der Waals surface area contributed by atoms with Gasteiger partial charge >= 0.3 is 0 Å². The van der Waals surface area contributed by atoms with E-state index in [-0.39, 0.29) is 0 Å². The van der Waals surface area contributed by atoms with Crippen LogP contribution in [0.15, 0.2) is 47.1 Å². The molecule has 0 aliphatic rings. The lowest BCUT2D eigenvalue weighted by atomic mass is 10.1. The van der Waals surface area contributed by atoms with Crippen molar-refractivity contribution in [3.05, 3.63) is 65.4 Å². The minimum Gasteiger partial charge on any atom is -0.361 e. The largest absolute Gasteiger partial charge is 0.361 e. The molecule has 0 saturated heterocycles. The number of hydrogen-bond donors (Lipinski definition) is 0. The van der Waals surface area contributed by atoms with Crippen molar-refractivity contribution in [3.63, 3.8) is 0 Å². The van der Waals surface area contributed by atoms with Gasteiger partial charge in [-0.25, -0.2) is 9.97 Å². The van der Waals surface area contributed by atoms with Crippen LogP contribution >= 0.6 is 0 Å². The van der Waals surface area contributed by atoms with Gasteiger partial charge in [0.2, 0.25) is 0 Å². The van der Waals surface area contributed by atoms with Crippen LogP contribution in [0, 0.1) is 26.7 Å². The molecular weight excluding hydrogens is 348 g/mol. The molecule has 0 radical (unpaired) electrons. The van der Waals surface area contributed by atoms with Gasteiger partial charge in [-0.05, 0) is 38.3 Å². The van der Waals surface area contributed by atoms with Gasteiger partial charge < -0.3 is 9.09 Å². The van der Waals surface area contributed by atoms with Crippen molar-refractivity contribution >= 4 is 11.2 Å². The minimum absolute atomic E-state index is 0.763. The molecule has 3 heterocycles. The summed E-state index contributed by atoms with van der Waals surface area (Å²) in [5.74, 6) is 2.59. The summed E-state index contributed by atoms with van der Waals surface area (Å²) < 4.78 is 7.49. The summed E-state index contributed by atoms with van der Waals surface area (Å²) in [4.78, 5) is 9.13. The highest BCUT2D eigenvalue weighted by Gasteiger charge is 2.15. The predicted molar refractivity (Wildman–Crippen MR) is 113 cm³/mol. The lowest BCUT2D eigenvalue weighted by Crippen LogP contribution is -2.02. The number of aromatic nitrogens is 4. The molecule has 0 atom stereocenters. The molecule has 0 fully saturated rings. The molecule has 0 spiro atoms. The van der Waals surface area contributed by atoms with Gasteiger partial charge in [-0.3, -0.25) is 0 Å². The standard InChI is InChI=1S/C19H18N4O.C4H10/c1-12-18(13(2)24-22-12)16-9-17-19(20-10-16)21-14(3)23(17)11-15-7-5-4-6-8-15;1-4(2)3/h4-10H,11H2,1-3H3;4H,1-3H3. The fourth-order valence-corrected chi connectivity index (χ4v) is 3.12. The zero-order valence-electron chi connectivity index (χ0n) is 17.5. The maximum absolute atomic E-state index is 5.29. The van der Waals surface area contributed by atoms with Crippen molar-refractivity contribution in [2.24, 2.45) is 5.92 Å². The lowest BCUT2D eigenvalue weighted by Gasteiger charge is -2.08. The number of fused-ring (bicyclic) bond motifs is 1. The molecule has 5 heteroatoms. The molecule has 3 aromatic heterocycles. The van der Waals surface area contributed by atoms with Crippen LogP contribution in [0.4, 0.5) is 0 Å². The summed E-state index contributed by atoms with van der Waals surface area (Å²) in [5, 5.41) is 4.04. The van der Waals surface area contributed by atoms with Crippen molar-refractivity contribution in [2.45, 2.75) is 48.1 Å². The molecule has 0 bridgehead atoms. The Morgan fingerprint density at radius 2 is 1.71 bits per heavy atom. The van der Waals surface area contributed by atoms with Gasteiger partial charge in [-0.1, -0.05) is 56.3 Å². The average molecular weight is 377 g/mol. The highest BCUT2D eigenvalue weighted by molar-refractivity contribution is 5.80. The summed E-state index contributed by atoms with van der Waals surface area (Å²) >= 11 is 0. The van der Waals surface area contributed by atoms with Gasteiger partial charge in [0.15, 0.2) is 5.65 Å². The number of aryl methyl sites for hydroxylation is 3. The number of hydrogen-bond acceptors (Lipinski definition) is 4. The molecule has 146 valence electrons. The average Bonchev–Trinajstić information content (AvgIpc) is 3.14. The zero-order valence-corrected chi connectivity index (χ0v) is 17.5. The van der Waals surface area contributed by atoms with E-state index in [1.54, 1.807) is 0 Å². The molecule has 0 aliphatic heterocycles.